The van der Waals surface area contributed by atoms with Crippen molar-refractivity contribution < 1.29 is 14.3 Å². The first kappa shape index (κ1) is 15.0. The highest BCUT2D eigenvalue weighted by atomic mass is 16.5. The number of hydrogen-bond acceptors (Lipinski definition) is 4. The second-order valence-electron chi connectivity index (χ2n) is 4.71. The minimum Gasteiger partial charge on any atom is -0.492 e. The molecule has 0 unspecified atom stereocenters. The predicted molar refractivity (Wildman–Crippen MR) is 80.3 cm³/mol. The number of anilines is 1. The Morgan fingerprint density at radius 3 is 2.62 bits per heavy atom. The molecule has 0 saturated heterocycles. The fourth-order valence-electron chi connectivity index (χ4n) is 2.11. The highest BCUT2D eigenvalue weighted by molar-refractivity contribution is 6.39. The fraction of sp³-hybridized carbons (Fsp3) is 0.400. The Hall–Kier alpha value is -2.37. The number of para-hydroxylation sites is 2. The summed E-state index contributed by atoms with van der Waals surface area (Å²) in [5.74, 6) is -1.01. The van der Waals surface area contributed by atoms with Crippen LogP contribution in [0.4, 0.5) is 5.69 Å². The zero-order valence-electron chi connectivity index (χ0n) is 12.0. The molecule has 6 heteroatoms. The van der Waals surface area contributed by atoms with Gasteiger partial charge in [0.25, 0.3) is 0 Å². The van der Waals surface area contributed by atoms with E-state index in [1.165, 1.54) is 0 Å². The Morgan fingerprint density at radius 1 is 1.19 bits per heavy atom. The number of carbonyl (C=O) groups is 2. The molecule has 0 atom stereocenters. The lowest BCUT2D eigenvalue weighted by Gasteiger charge is -2.10. The Kier molecular flexibility index (Phi) is 5.31. The van der Waals surface area contributed by atoms with E-state index >= 15 is 0 Å². The van der Waals surface area contributed by atoms with Crippen molar-refractivity contribution in [2.75, 3.05) is 11.9 Å². The van der Waals surface area contributed by atoms with Crippen LogP contribution < -0.4 is 15.5 Å². The molecule has 0 radical (unpaired) electrons. The molecular weight excluding hydrogens is 270 g/mol. The Morgan fingerprint density at radius 2 is 1.90 bits per heavy atom. The largest absolute Gasteiger partial charge is 0.492 e. The van der Waals surface area contributed by atoms with Gasteiger partial charge in [-0.3, -0.25) is 9.59 Å². The number of hydrazone groups is 1. The molecule has 6 nitrogen and oxygen atoms in total. The molecule has 2 amide bonds. The molecule has 1 aliphatic carbocycles. The van der Waals surface area contributed by atoms with E-state index in [9.17, 15) is 9.59 Å². The van der Waals surface area contributed by atoms with Crippen LogP contribution in [-0.2, 0) is 9.59 Å². The molecule has 112 valence electrons. The standard InChI is InChI=1S/C15H19N3O3/c1-2-21-13-10-6-5-9-12(13)16-14(19)15(20)18-17-11-7-3-4-8-11/h5-6,9-10H,2-4,7-8H2,1H3,(H,16,19)(H,18,20). The third kappa shape index (κ3) is 4.30. The molecule has 2 N–H and O–H groups in total. The highest BCUT2D eigenvalue weighted by Crippen LogP contribution is 2.23. The monoisotopic (exact) mass is 289 g/mol. The van der Waals surface area contributed by atoms with Crippen molar-refractivity contribution in [2.24, 2.45) is 5.10 Å². The van der Waals surface area contributed by atoms with Crippen LogP contribution in [0, 0.1) is 0 Å². The summed E-state index contributed by atoms with van der Waals surface area (Å²) in [5, 5.41) is 6.49. The molecule has 1 aromatic rings. The number of ether oxygens (including phenoxy) is 1. The lowest BCUT2D eigenvalue weighted by Crippen LogP contribution is -2.33. The van der Waals surface area contributed by atoms with Gasteiger partial charge >= 0.3 is 11.8 Å². The van der Waals surface area contributed by atoms with Crippen molar-refractivity contribution in [1.82, 2.24) is 5.43 Å². The third-order valence-corrected chi connectivity index (χ3v) is 3.14. The summed E-state index contributed by atoms with van der Waals surface area (Å²) < 4.78 is 5.38. The highest BCUT2D eigenvalue weighted by Gasteiger charge is 2.16. The van der Waals surface area contributed by atoms with Crippen LogP contribution in [0.25, 0.3) is 0 Å². The van der Waals surface area contributed by atoms with Gasteiger partial charge in [0.2, 0.25) is 0 Å². The topological polar surface area (TPSA) is 79.8 Å². The predicted octanol–water partition coefficient (Wildman–Crippen LogP) is 2.07. The lowest BCUT2D eigenvalue weighted by molar-refractivity contribution is -0.136. The number of carbonyl (C=O) groups excluding carboxylic acids is 2. The van der Waals surface area contributed by atoms with E-state index in [0.717, 1.165) is 31.4 Å². The van der Waals surface area contributed by atoms with E-state index in [1.54, 1.807) is 24.3 Å². The summed E-state index contributed by atoms with van der Waals surface area (Å²) in [6.45, 7) is 2.33. The Bertz CT molecular complexity index is 547. The second kappa shape index (κ2) is 7.42. The van der Waals surface area contributed by atoms with Gasteiger partial charge in [-0.05, 0) is 44.7 Å². The molecular formula is C15H19N3O3. The minimum atomic E-state index is -0.777. The van der Waals surface area contributed by atoms with Crippen LogP contribution in [0.1, 0.15) is 32.6 Å². The third-order valence-electron chi connectivity index (χ3n) is 3.14. The molecule has 1 aliphatic rings. The zero-order valence-corrected chi connectivity index (χ0v) is 12.0. The SMILES string of the molecule is CCOc1ccccc1NC(=O)C(=O)NN=C1CCCC1. The van der Waals surface area contributed by atoms with Gasteiger partial charge in [-0.1, -0.05) is 12.1 Å². The van der Waals surface area contributed by atoms with Crippen LogP contribution in [0.5, 0.6) is 5.75 Å². The van der Waals surface area contributed by atoms with Crippen molar-refractivity contribution in [3.8, 4) is 5.75 Å². The number of benzene rings is 1. The summed E-state index contributed by atoms with van der Waals surface area (Å²) in [6, 6.07) is 6.97. The van der Waals surface area contributed by atoms with Gasteiger partial charge in [0, 0.05) is 5.71 Å². The summed E-state index contributed by atoms with van der Waals surface area (Å²) in [6.07, 6.45) is 3.94. The van der Waals surface area contributed by atoms with E-state index in [0.29, 0.717) is 18.0 Å². The summed E-state index contributed by atoms with van der Waals surface area (Å²) in [7, 11) is 0. The van der Waals surface area contributed by atoms with E-state index < -0.39 is 11.8 Å². The minimum absolute atomic E-state index is 0.466. The quantitative estimate of drug-likeness (QED) is 0.658. The first-order valence-corrected chi connectivity index (χ1v) is 7.09. The average molecular weight is 289 g/mol. The zero-order chi connectivity index (χ0) is 15.1. The van der Waals surface area contributed by atoms with Gasteiger partial charge in [-0.15, -0.1) is 0 Å². The van der Waals surface area contributed by atoms with Crippen LogP contribution in [0.3, 0.4) is 0 Å². The van der Waals surface area contributed by atoms with Crippen molar-refractivity contribution in [1.29, 1.82) is 0 Å². The first-order chi connectivity index (χ1) is 10.2. The van der Waals surface area contributed by atoms with Crippen molar-refractivity contribution >= 4 is 23.2 Å². The lowest BCUT2D eigenvalue weighted by atomic mass is 10.3. The van der Waals surface area contributed by atoms with Crippen LogP contribution >= 0.6 is 0 Å². The number of nitrogens with one attached hydrogen (secondary N) is 2. The molecule has 0 heterocycles. The van der Waals surface area contributed by atoms with Gasteiger partial charge in [0.1, 0.15) is 5.75 Å². The smallest absolute Gasteiger partial charge is 0.329 e. The molecule has 2 rings (SSSR count). The maximum atomic E-state index is 11.8. The number of amides is 2. The summed E-state index contributed by atoms with van der Waals surface area (Å²) in [5.41, 5.74) is 3.69. The molecule has 1 fully saturated rings. The fourth-order valence-corrected chi connectivity index (χ4v) is 2.11. The van der Waals surface area contributed by atoms with Crippen molar-refractivity contribution in [2.45, 2.75) is 32.6 Å². The van der Waals surface area contributed by atoms with Crippen molar-refractivity contribution in [3.05, 3.63) is 24.3 Å². The molecule has 21 heavy (non-hydrogen) atoms. The summed E-state index contributed by atoms with van der Waals surface area (Å²) in [4.78, 5) is 23.5. The number of rotatable bonds is 4. The first-order valence-electron chi connectivity index (χ1n) is 7.09. The summed E-state index contributed by atoms with van der Waals surface area (Å²) >= 11 is 0. The number of nitrogens with zero attached hydrogens (tertiary/aromatic N) is 1. The van der Waals surface area contributed by atoms with Gasteiger partial charge in [0.15, 0.2) is 0 Å². The van der Waals surface area contributed by atoms with Gasteiger partial charge in [-0.25, -0.2) is 5.43 Å². The average Bonchev–Trinajstić information content (AvgIpc) is 3.00. The Balaban J connectivity index is 1.94. The van der Waals surface area contributed by atoms with Crippen molar-refractivity contribution in [3.63, 3.8) is 0 Å². The normalized spacial score (nSPS) is 13.7. The molecule has 0 bridgehead atoms. The molecule has 0 spiro atoms. The van der Waals surface area contributed by atoms with Crippen LogP contribution in [0.2, 0.25) is 0 Å². The maximum Gasteiger partial charge on any atom is 0.329 e. The molecule has 1 saturated carbocycles. The van der Waals surface area contributed by atoms with Gasteiger partial charge in [0.05, 0.1) is 12.3 Å². The Labute approximate surface area is 123 Å². The van der Waals surface area contributed by atoms with E-state index in [1.807, 2.05) is 6.92 Å². The molecule has 0 aromatic heterocycles. The molecule has 1 aromatic carbocycles. The van der Waals surface area contributed by atoms with E-state index in [4.69, 9.17) is 4.74 Å². The van der Waals surface area contributed by atoms with Gasteiger partial charge < -0.3 is 10.1 Å². The van der Waals surface area contributed by atoms with Crippen LogP contribution in [0.15, 0.2) is 29.4 Å². The van der Waals surface area contributed by atoms with Gasteiger partial charge in [-0.2, -0.15) is 5.10 Å². The second-order valence-corrected chi connectivity index (χ2v) is 4.71. The van der Waals surface area contributed by atoms with E-state index in [2.05, 4.69) is 15.8 Å². The van der Waals surface area contributed by atoms with E-state index in [-0.39, 0.29) is 0 Å². The maximum absolute atomic E-state index is 11.8. The molecule has 0 aliphatic heterocycles. The number of hydrogen-bond donors (Lipinski definition) is 2. The van der Waals surface area contributed by atoms with Crippen LogP contribution in [-0.4, -0.2) is 24.1 Å².